The molecule has 2 aliphatic rings. The molecule has 0 N–H and O–H groups in total. The maximum atomic E-state index is 12.7. The van der Waals surface area contributed by atoms with Crippen LogP contribution in [-0.2, 0) is 9.53 Å². The van der Waals surface area contributed by atoms with Crippen LogP contribution in [0, 0.1) is 6.92 Å². The van der Waals surface area contributed by atoms with Gasteiger partial charge in [0, 0.05) is 19.5 Å². The average Bonchev–Trinajstić information content (AvgIpc) is 2.97. The van der Waals surface area contributed by atoms with Crippen molar-refractivity contribution >= 4 is 17.7 Å². The van der Waals surface area contributed by atoms with E-state index in [1.807, 2.05) is 31.2 Å². The third kappa shape index (κ3) is 3.31. The van der Waals surface area contributed by atoms with Gasteiger partial charge in [0.25, 0.3) is 11.8 Å². The van der Waals surface area contributed by atoms with Crippen LogP contribution in [-0.4, -0.2) is 53.8 Å². The number of nitrogens with zero attached hydrogens (tertiary/aromatic N) is 2. The van der Waals surface area contributed by atoms with E-state index >= 15 is 0 Å². The lowest BCUT2D eigenvalue weighted by molar-refractivity contribution is -0.139. The SMILES string of the molecule is Cc1ccccc1C1CN(C(=O)CCN2C(=O)c3ccccc3C2=O)CCO1. The normalized spacial score (nSPS) is 19.1. The van der Waals surface area contributed by atoms with E-state index in [1.54, 1.807) is 29.2 Å². The molecule has 0 aliphatic carbocycles. The van der Waals surface area contributed by atoms with Gasteiger partial charge in [-0.2, -0.15) is 0 Å². The molecule has 28 heavy (non-hydrogen) atoms. The first-order valence-electron chi connectivity index (χ1n) is 9.46. The number of fused-ring (bicyclic) bond motifs is 1. The van der Waals surface area contributed by atoms with Crippen LogP contribution < -0.4 is 0 Å². The molecule has 1 atom stereocenters. The second kappa shape index (κ2) is 7.56. The van der Waals surface area contributed by atoms with Gasteiger partial charge in [-0.3, -0.25) is 19.3 Å². The van der Waals surface area contributed by atoms with E-state index in [1.165, 1.54) is 4.90 Å². The molecule has 3 amide bonds. The van der Waals surface area contributed by atoms with Crippen LogP contribution in [0.5, 0.6) is 0 Å². The molecule has 0 radical (unpaired) electrons. The van der Waals surface area contributed by atoms with Crippen molar-refractivity contribution < 1.29 is 19.1 Å². The number of aryl methyl sites for hydroxylation is 1. The van der Waals surface area contributed by atoms with Crippen LogP contribution in [0.1, 0.15) is 44.4 Å². The summed E-state index contributed by atoms with van der Waals surface area (Å²) in [6.45, 7) is 3.59. The van der Waals surface area contributed by atoms with Crippen LogP contribution in [0.2, 0.25) is 0 Å². The van der Waals surface area contributed by atoms with Gasteiger partial charge in [-0.05, 0) is 30.2 Å². The molecule has 0 saturated carbocycles. The first-order chi connectivity index (χ1) is 13.6. The first kappa shape index (κ1) is 18.4. The maximum Gasteiger partial charge on any atom is 0.261 e. The summed E-state index contributed by atoms with van der Waals surface area (Å²) in [6, 6.07) is 14.8. The Labute approximate surface area is 163 Å². The van der Waals surface area contributed by atoms with E-state index in [4.69, 9.17) is 4.74 Å². The third-order valence-electron chi connectivity index (χ3n) is 5.38. The van der Waals surface area contributed by atoms with Gasteiger partial charge in [-0.15, -0.1) is 0 Å². The smallest absolute Gasteiger partial charge is 0.261 e. The summed E-state index contributed by atoms with van der Waals surface area (Å²) in [4.78, 5) is 40.5. The van der Waals surface area contributed by atoms with E-state index in [0.29, 0.717) is 30.8 Å². The molecule has 1 saturated heterocycles. The highest BCUT2D eigenvalue weighted by atomic mass is 16.5. The summed E-state index contributed by atoms with van der Waals surface area (Å²) in [5.74, 6) is -0.722. The molecular formula is C22H22N2O4. The monoisotopic (exact) mass is 378 g/mol. The molecule has 1 fully saturated rings. The van der Waals surface area contributed by atoms with Gasteiger partial charge in [0.2, 0.25) is 5.91 Å². The Morgan fingerprint density at radius 1 is 1.04 bits per heavy atom. The Morgan fingerprint density at radius 3 is 2.36 bits per heavy atom. The van der Waals surface area contributed by atoms with E-state index in [9.17, 15) is 14.4 Å². The van der Waals surface area contributed by atoms with Gasteiger partial charge < -0.3 is 9.64 Å². The molecule has 6 nitrogen and oxygen atoms in total. The maximum absolute atomic E-state index is 12.7. The fourth-order valence-corrected chi connectivity index (χ4v) is 3.82. The number of morpholine rings is 1. The standard InChI is InChI=1S/C22H22N2O4/c1-15-6-2-3-7-16(15)19-14-23(12-13-28-19)20(25)10-11-24-21(26)17-8-4-5-9-18(17)22(24)27/h2-9,19H,10-14H2,1H3. The predicted molar refractivity (Wildman–Crippen MR) is 103 cm³/mol. The van der Waals surface area contributed by atoms with Crippen molar-refractivity contribution in [2.45, 2.75) is 19.4 Å². The van der Waals surface area contributed by atoms with Crippen molar-refractivity contribution in [3.8, 4) is 0 Å². The molecule has 2 aliphatic heterocycles. The summed E-state index contributed by atoms with van der Waals surface area (Å²) >= 11 is 0. The third-order valence-corrected chi connectivity index (χ3v) is 5.38. The quantitative estimate of drug-likeness (QED) is 0.767. The Morgan fingerprint density at radius 2 is 1.68 bits per heavy atom. The van der Waals surface area contributed by atoms with Gasteiger partial charge in [-0.25, -0.2) is 0 Å². The number of rotatable bonds is 4. The largest absolute Gasteiger partial charge is 0.370 e. The number of imide groups is 1. The first-order valence-corrected chi connectivity index (χ1v) is 9.46. The van der Waals surface area contributed by atoms with Crippen molar-refractivity contribution in [3.05, 3.63) is 70.8 Å². The number of carbonyl (C=O) groups excluding carboxylic acids is 3. The summed E-state index contributed by atoms with van der Waals surface area (Å²) in [7, 11) is 0. The lowest BCUT2D eigenvalue weighted by Crippen LogP contribution is -2.44. The van der Waals surface area contributed by atoms with Crippen LogP contribution in [0.15, 0.2) is 48.5 Å². The molecule has 2 heterocycles. The Kier molecular flexibility index (Phi) is 4.96. The van der Waals surface area contributed by atoms with Crippen LogP contribution in [0.25, 0.3) is 0 Å². The highest BCUT2D eigenvalue weighted by Crippen LogP contribution is 2.26. The Hall–Kier alpha value is -2.99. The zero-order valence-electron chi connectivity index (χ0n) is 15.8. The molecule has 4 rings (SSSR count). The van der Waals surface area contributed by atoms with Crippen molar-refractivity contribution in [1.29, 1.82) is 0 Å². The van der Waals surface area contributed by atoms with E-state index in [0.717, 1.165) is 11.1 Å². The Bertz CT molecular complexity index is 905. The van der Waals surface area contributed by atoms with Crippen LogP contribution in [0.3, 0.4) is 0 Å². The van der Waals surface area contributed by atoms with Gasteiger partial charge in [0.1, 0.15) is 6.10 Å². The molecule has 0 aromatic heterocycles. The lowest BCUT2D eigenvalue weighted by Gasteiger charge is -2.34. The number of carbonyl (C=O) groups is 3. The topological polar surface area (TPSA) is 66.9 Å². The van der Waals surface area contributed by atoms with Gasteiger partial charge in [-0.1, -0.05) is 36.4 Å². The van der Waals surface area contributed by atoms with E-state index in [-0.39, 0.29) is 36.8 Å². The van der Waals surface area contributed by atoms with Crippen molar-refractivity contribution in [3.63, 3.8) is 0 Å². The van der Waals surface area contributed by atoms with E-state index < -0.39 is 0 Å². The predicted octanol–water partition coefficient (Wildman–Crippen LogP) is 2.58. The molecule has 2 aromatic rings. The summed E-state index contributed by atoms with van der Waals surface area (Å²) in [5.41, 5.74) is 3.03. The fourth-order valence-electron chi connectivity index (χ4n) is 3.82. The van der Waals surface area contributed by atoms with Crippen LogP contribution in [0.4, 0.5) is 0 Å². The molecule has 0 spiro atoms. The van der Waals surface area contributed by atoms with Crippen molar-refractivity contribution in [2.24, 2.45) is 0 Å². The fraction of sp³-hybridized carbons (Fsp3) is 0.318. The average molecular weight is 378 g/mol. The number of hydrogen-bond acceptors (Lipinski definition) is 4. The number of ether oxygens (including phenoxy) is 1. The van der Waals surface area contributed by atoms with Crippen LogP contribution >= 0.6 is 0 Å². The van der Waals surface area contributed by atoms with Crippen molar-refractivity contribution in [2.75, 3.05) is 26.2 Å². The van der Waals surface area contributed by atoms with Gasteiger partial charge in [0.05, 0.1) is 24.3 Å². The highest BCUT2D eigenvalue weighted by molar-refractivity contribution is 6.21. The molecule has 2 aromatic carbocycles. The highest BCUT2D eigenvalue weighted by Gasteiger charge is 2.35. The minimum Gasteiger partial charge on any atom is -0.370 e. The molecule has 1 unspecified atom stereocenters. The number of amides is 3. The zero-order valence-corrected chi connectivity index (χ0v) is 15.8. The summed E-state index contributed by atoms with van der Waals surface area (Å²) < 4.78 is 5.87. The van der Waals surface area contributed by atoms with Gasteiger partial charge in [0.15, 0.2) is 0 Å². The molecule has 144 valence electrons. The van der Waals surface area contributed by atoms with Gasteiger partial charge >= 0.3 is 0 Å². The molecule has 6 heteroatoms. The zero-order chi connectivity index (χ0) is 19.7. The summed E-state index contributed by atoms with van der Waals surface area (Å²) in [5, 5.41) is 0. The summed E-state index contributed by atoms with van der Waals surface area (Å²) in [6.07, 6.45) is -0.0374. The minimum atomic E-state index is -0.326. The second-order valence-electron chi connectivity index (χ2n) is 7.11. The molecular weight excluding hydrogens is 356 g/mol. The number of benzene rings is 2. The van der Waals surface area contributed by atoms with E-state index in [2.05, 4.69) is 0 Å². The minimum absolute atomic E-state index is 0.0709. The lowest BCUT2D eigenvalue weighted by atomic mass is 10.0. The Balaban J connectivity index is 1.39. The number of hydrogen-bond donors (Lipinski definition) is 0. The second-order valence-corrected chi connectivity index (χ2v) is 7.11. The van der Waals surface area contributed by atoms with Crippen molar-refractivity contribution in [1.82, 2.24) is 9.80 Å². The molecule has 0 bridgehead atoms.